The van der Waals surface area contributed by atoms with Crippen molar-refractivity contribution in [2.24, 2.45) is 0 Å². The fourth-order valence-electron chi connectivity index (χ4n) is 2.36. The third-order valence-corrected chi connectivity index (χ3v) is 3.37. The van der Waals surface area contributed by atoms with E-state index >= 15 is 0 Å². The summed E-state index contributed by atoms with van der Waals surface area (Å²) in [6, 6.07) is 0.188. The molecule has 0 atom stereocenters. The van der Waals surface area contributed by atoms with Crippen LogP contribution in [0.2, 0.25) is 0 Å². The van der Waals surface area contributed by atoms with E-state index in [0.29, 0.717) is 24.1 Å². The van der Waals surface area contributed by atoms with Gasteiger partial charge in [-0.3, -0.25) is 4.79 Å². The Balaban J connectivity index is 2.12. The zero-order chi connectivity index (χ0) is 12.9. The molecule has 0 saturated heterocycles. The average Bonchev–Trinajstić information content (AvgIpc) is 3.12. The minimum absolute atomic E-state index is 0.0225. The van der Waals surface area contributed by atoms with Crippen LogP contribution in [-0.2, 0) is 11.2 Å². The van der Waals surface area contributed by atoms with Crippen LogP contribution in [0.4, 0.5) is 5.69 Å². The lowest BCUT2D eigenvalue weighted by molar-refractivity contribution is -0.119. The molecular formula is C12H12N2O4. The molecule has 2 heterocycles. The lowest BCUT2D eigenvalue weighted by Gasteiger charge is -2.29. The summed E-state index contributed by atoms with van der Waals surface area (Å²) in [6.45, 7) is 0. The molecule has 0 unspecified atom stereocenters. The number of aromatic hydroxyl groups is 1. The SMILES string of the molecule is O=C(O)c1ncc2c(c1O)CCC(=O)N2C1CC1. The van der Waals surface area contributed by atoms with Crippen molar-refractivity contribution >= 4 is 17.6 Å². The largest absolute Gasteiger partial charge is 0.505 e. The molecule has 1 aliphatic carbocycles. The topological polar surface area (TPSA) is 90.7 Å². The highest BCUT2D eigenvalue weighted by atomic mass is 16.4. The highest BCUT2D eigenvalue weighted by Gasteiger charge is 2.38. The van der Waals surface area contributed by atoms with Crippen LogP contribution >= 0.6 is 0 Å². The van der Waals surface area contributed by atoms with E-state index in [1.165, 1.54) is 6.20 Å². The van der Waals surface area contributed by atoms with Crippen molar-refractivity contribution in [3.05, 3.63) is 17.5 Å². The van der Waals surface area contributed by atoms with Crippen LogP contribution in [0.5, 0.6) is 5.75 Å². The van der Waals surface area contributed by atoms with Gasteiger partial charge in [0.1, 0.15) is 0 Å². The third kappa shape index (κ3) is 1.53. The zero-order valence-corrected chi connectivity index (χ0v) is 9.59. The van der Waals surface area contributed by atoms with Crippen molar-refractivity contribution in [2.45, 2.75) is 31.7 Å². The number of carboxylic acid groups (broad SMARTS) is 1. The number of hydrogen-bond donors (Lipinski definition) is 2. The van der Waals surface area contributed by atoms with E-state index in [1.54, 1.807) is 4.90 Å². The molecule has 0 spiro atoms. The Morgan fingerprint density at radius 3 is 2.72 bits per heavy atom. The Morgan fingerprint density at radius 1 is 1.39 bits per heavy atom. The van der Waals surface area contributed by atoms with Gasteiger partial charge in [-0.2, -0.15) is 0 Å². The number of carbonyl (C=O) groups excluding carboxylic acids is 1. The smallest absolute Gasteiger partial charge is 0.358 e. The normalized spacial score (nSPS) is 18.7. The monoisotopic (exact) mass is 248 g/mol. The fourth-order valence-corrected chi connectivity index (χ4v) is 2.36. The maximum atomic E-state index is 11.9. The lowest BCUT2D eigenvalue weighted by Crippen LogP contribution is -2.37. The number of aromatic carboxylic acids is 1. The molecule has 2 aliphatic rings. The van der Waals surface area contributed by atoms with E-state index in [1.807, 2.05) is 0 Å². The minimum atomic E-state index is -1.26. The number of pyridine rings is 1. The molecule has 0 bridgehead atoms. The van der Waals surface area contributed by atoms with Gasteiger partial charge in [-0.1, -0.05) is 0 Å². The van der Waals surface area contributed by atoms with E-state index in [9.17, 15) is 14.7 Å². The molecule has 1 fully saturated rings. The number of nitrogens with zero attached hydrogens (tertiary/aromatic N) is 2. The first-order valence-electron chi connectivity index (χ1n) is 5.85. The molecule has 0 aromatic carbocycles. The summed E-state index contributed by atoms with van der Waals surface area (Å²) < 4.78 is 0. The predicted molar refractivity (Wildman–Crippen MR) is 61.7 cm³/mol. The van der Waals surface area contributed by atoms with Gasteiger partial charge in [0.25, 0.3) is 0 Å². The fraction of sp³-hybridized carbons (Fsp3) is 0.417. The third-order valence-electron chi connectivity index (χ3n) is 3.37. The van der Waals surface area contributed by atoms with Crippen molar-refractivity contribution in [3.63, 3.8) is 0 Å². The standard InChI is InChI=1S/C12H12N2O4/c15-9-4-3-7-8(14(9)6-1-2-6)5-13-10(11(7)16)12(17)18/h5-6,16H,1-4H2,(H,17,18). The molecule has 1 aromatic heterocycles. The number of hydrogen-bond acceptors (Lipinski definition) is 4. The highest BCUT2D eigenvalue weighted by molar-refractivity contribution is 5.99. The van der Waals surface area contributed by atoms with Crippen molar-refractivity contribution in [1.29, 1.82) is 0 Å². The van der Waals surface area contributed by atoms with Gasteiger partial charge < -0.3 is 15.1 Å². The summed E-state index contributed by atoms with van der Waals surface area (Å²) in [6.07, 6.45) is 3.96. The van der Waals surface area contributed by atoms with E-state index < -0.39 is 5.97 Å². The van der Waals surface area contributed by atoms with Crippen LogP contribution in [0, 0.1) is 0 Å². The quantitative estimate of drug-likeness (QED) is 0.812. The summed E-state index contributed by atoms with van der Waals surface area (Å²) in [5, 5.41) is 18.8. The summed E-state index contributed by atoms with van der Waals surface area (Å²) in [4.78, 5) is 28.2. The molecule has 18 heavy (non-hydrogen) atoms. The van der Waals surface area contributed by atoms with Gasteiger partial charge in [0, 0.05) is 18.0 Å². The van der Waals surface area contributed by atoms with Gasteiger partial charge in [-0.25, -0.2) is 9.78 Å². The molecule has 6 heteroatoms. The van der Waals surface area contributed by atoms with E-state index in [0.717, 1.165) is 12.8 Å². The van der Waals surface area contributed by atoms with E-state index in [-0.39, 0.29) is 23.4 Å². The molecule has 1 saturated carbocycles. The number of fused-ring (bicyclic) bond motifs is 1. The molecule has 94 valence electrons. The number of rotatable bonds is 2. The van der Waals surface area contributed by atoms with Crippen molar-refractivity contribution in [2.75, 3.05) is 4.90 Å². The number of carbonyl (C=O) groups is 2. The van der Waals surface area contributed by atoms with Gasteiger partial charge in [-0.15, -0.1) is 0 Å². The van der Waals surface area contributed by atoms with Gasteiger partial charge in [-0.05, 0) is 19.3 Å². The zero-order valence-electron chi connectivity index (χ0n) is 9.59. The second kappa shape index (κ2) is 3.69. The Bertz CT molecular complexity index is 551. The molecule has 2 N–H and O–H groups in total. The van der Waals surface area contributed by atoms with Crippen molar-refractivity contribution < 1.29 is 19.8 Å². The van der Waals surface area contributed by atoms with Gasteiger partial charge in [0.2, 0.25) is 5.91 Å². The van der Waals surface area contributed by atoms with Gasteiger partial charge in [0.05, 0.1) is 11.9 Å². The number of anilines is 1. The Morgan fingerprint density at radius 2 is 2.11 bits per heavy atom. The maximum Gasteiger partial charge on any atom is 0.358 e. The second-order valence-electron chi connectivity index (χ2n) is 4.62. The van der Waals surface area contributed by atoms with E-state index in [4.69, 9.17) is 5.11 Å². The number of carboxylic acids is 1. The van der Waals surface area contributed by atoms with Crippen LogP contribution in [0.3, 0.4) is 0 Å². The Kier molecular flexibility index (Phi) is 2.26. The molecule has 1 amide bonds. The van der Waals surface area contributed by atoms with Crippen molar-refractivity contribution in [3.8, 4) is 5.75 Å². The van der Waals surface area contributed by atoms with Crippen LogP contribution in [-0.4, -0.2) is 33.1 Å². The minimum Gasteiger partial charge on any atom is -0.505 e. The average molecular weight is 248 g/mol. The van der Waals surface area contributed by atoms with Gasteiger partial charge in [0.15, 0.2) is 11.4 Å². The second-order valence-corrected chi connectivity index (χ2v) is 4.62. The predicted octanol–water partition coefficient (Wildman–Crippen LogP) is 0.927. The molecule has 1 aliphatic heterocycles. The summed E-state index contributed by atoms with van der Waals surface area (Å²) >= 11 is 0. The molecule has 0 radical (unpaired) electrons. The first-order chi connectivity index (χ1) is 8.59. The Hall–Kier alpha value is -2.11. The first kappa shape index (κ1) is 11.0. The van der Waals surface area contributed by atoms with Crippen LogP contribution in [0.1, 0.15) is 35.3 Å². The van der Waals surface area contributed by atoms with Crippen LogP contribution in [0.25, 0.3) is 0 Å². The van der Waals surface area contributed by atoms with Crippen molar-refractivity contribution in [1.82, 2.24) is 4.98 Å². The number of aromatic nitrogens is 1. The molecular weight excluding hydrogens is 236 g/mol. The summed E-state index contributed by atoms with van der Waals surface area (Å²) in [5.41, 5.74) is 0.740. The van der Waals surface area contributed by atoms with Crippen LogP contribution in [0.15, 0.2) is 6.20 Å². The maximum absolute atomic E-state index is 11.9. The van der Waals surface area contributed by atoms with E-state index in [2.05, 4.69) is 4.98 Å². The summed E-state index contributed by atoms with van der Waals surface area (Å²) in [5.74, 6) is -1.54. The highest BCUT2D eigenvalue weighted by Crippen LogP contribution is 2.40. The molecule has 1 aromatic rings. The first-order valence-corrected chi connectivity index (χ1v) is 5.85. The lowest BCUT2D eigenvalue weighted by atomic mass is 10.0. The molecule has 6 nitrogen and oxygen atoms in total. The van der Waals surface area contributed by atoms with Crippen LogP contribution < -0.4 is 4.90 Å². The molecule has 3 rings (SSSR count). The van der Waals surface area contributed by atoms with Gasteiger partial charge >= 0.3 is 5.97 Å². The summed E-state index contributed by atoms with van der Waals surface area (Å²) in [7, 11) is 0. The Labute approximate surface area is 103 Å². The number of amides is 1.